The van der Waals surface area contributed by atoms with Crippen LogP contribution in [0.2, 0.25) is 0 Å². The second-order valence-corrected chi connectivity index (χ2v) is 4.18. The Morgan fingerprint density at radius 1 is 1.35 bits per heavy atom. The standard InChI is InChI=1S/C14H13FO2/c1-10-9-12(11-5-3-2-4-6-11)7-8-14(10,15)13(16)17/h2-10H,1H3,(H,16,17). The van der Waals surface area contributed by atoms with Gasteiger partial charge in [-0.2, -0.15) is 0 Å². The van der Waals surface area contributed by atoms with Crippen molar-refractivity contribution in [3.63, 3.8) is 0 Å². The Bertz CT molecular complexity index is 490. The molecule has 2 nitrogen and oxygen atoms in total. The molecule has 0 bridgehead atoms. The number of alkyl halides is 1. The topological polar surface area (TPSA) is 37.3 Å². The number of allylic oxidation sites excluding steroid dienone is 3. The summed E-state index contributed by atoms with van der Waals surface area (Å²) < 4.78 is 14.0. The quantitative estimate of drug-likeness (QED) is 0.850. The Hall–Kier alpha value is -1.90. The van der Waals surface area contributed by atoms with Gasteiger partial charge in [0.2, 0.25) is 5.67 Å². The fourth-order valence-electron chi connectivity index (χ4n) is 1.90. The average Bonchev–Trinajstić information content (AvgIpc) is 2.33. The number of carboxylic acid groups (broad SMARTS) is 1. The van der Waals surface area contributed by atoms with E-state index in [1.165, 1.54) is 6.08 Å². The van der Waals surface area contributed by atoms with Crippen molar-refractivity contribution in [1.29, 1.82) is 0 Å². The van der Waals surface area contributed by atoms with Gasteiger partial charge in [-0.05, 0) is 17.2 Å². The number of hydrogen-bond donors (Lipinski definition) is 1. The minimum Gasteiger partial charge on any atom is -0.479 e. The van der Waals surface area contributed by atoms with Crippen LogP contribution in [0.3, 0.4) is 0 Å². The molecule has 2 rings (SSSR count). The van der Waals surface area contributed by atoms with Gasteiger partial charge >= 0.3 is 5.97 Å². The molecule has 1 aromatic carbocycles. The molecule has 0 aliphatic heterocycles. The van der Waals surface area contributed by atoms with E-state index >= 15 is 0 Å². The molecule has 0 saturated carbocycles. The molecule has 17 heavy (non-hydrogen) atoms. The summed E-state index contributed by atoms with van der Waals surface area (Å²) in [5.74, 6) is -2.12. The zero-order valence-corrected chi connectivity index (χ0v) is 9.43. The van der Waals surface area contributed by atoms with Crippen LogP contribution in [0, 0.1) is 5.92 Å². The number of benzene rings is 1. The number of rotatable bonds is 2. The zero-order chi connectivity index (χ0) is 12.5. The minimum absolute atomic E-state index is 0.680. The van der Waals surface area contributed by atoms with Crippen LogP contribution < -0.4 is 0 Å². The lowest BCUT2D eigenvalue weighted by atomic mass is 9.83. The first-order valence-corrected chi connectivity index (χ1v) is 5.43. The molecule has 1 N–H and O–H groups in total. The Labute approximate surface area is 99.1 Å². The van der Waals surface area contributed by atoms with Gasteiger partial charge in [-0.25, -0.2) is 9.18 Å². The molecule has 0 spiro atoms. The van der Waals surface area contributed by atoms with Crippen LogP contribution in [0.15, 0.2) is 48.6 Å². The van der Waals surface area contributed by atoms with Crippen LogP contribution in [-0.4, -0.2) is 16.7 Å². The van der Waals surface area contributed by atoms with E-state index in [9.17, 15) is 9.18 Å². The normalized spacial score (nSPS) is 27.6. The van der Waals surface area contributed by atoms with Gasteiger partial charge < -0.3 is 5.11 Å². The Kier molecular flexibility index (Phi) is 2.84. The molecule has 1 aliphatic rings. The summed E-state index contributed by atoms with van der Waals surface area (Å²) in [6.45, 7) is 1.57. The Morgan fingerprint density at radius 3 is 2.53 bits per heavy atom. The third-order valence-corrected chi connectivity index (χ3v) is 3.03. The molecule has 0 amide bonds. The van der Waals surface area contributed by atoms with Crippen LogP contribution in [0.25, 0.3) is 5.57 Å². The summed E-state index contributed by atoms with van der Waals surface area (Å²) in [5.41, 5.74) is -0.478. The van der Waals surface area contributed by atoms with Crippen LogP contribution >= 0.6 is 0 Å². The van der Waals surface area contributed by atoms with Crippen LogP contribution in [0.4, 0.5) is 4.39 Å². The highest BCUT2D eigenvalue weighted by Gasteiger charge is 2.42. The molecule has 2 atom stereocenters. The average molecular weight is 232 g/mol. The molecule has 0 radical (unpaired) electrons. The maximum absolute atomic E-state index is 14.0. The van der Waals surface area contributed by atoms with E-state index in [2.05, 4.69) is 0 Å². The van der Waals surface area contributed by atoms with Gasteiger partial charge in [0.1, 0.15) is 0 Å². The first-order valence-electron chi connectivity index (χ1n) is 5.43. The van der Waals surface area contributed by atoms with Crippen molar-refractivity contribution in [3.05, 3.63) is 54.1 Å². The first kappa shape index (κ1) is 11.6. The van der Waals surface area contributed by atoms with Crippen molar-refractivity contribution in [1.82, 2.24) is 0 Å². The fraction of sp³-hybridized carbons (Fsp3) is 0.214. The molecule has 88 valence electrons. The van der Waals surface area contributed by atoms with Gasteiger partial charge in [0, 0.05) is 5.92 Å². The van der Waals surface area contributed by atoms with E-state index in [1.54, 1.807) is 13.0 Å². The maximum atomic E-state index is 14.0. The lowest BCUT2D eigenvalue weighted by Crippen LogP contribution is -2.38. The van der Waals surface area contributed by atoms with Gasteiger partial charge in [-0.1, -0.05) is 49.4 Å². The second-order valence-electron chi connectivity index (χ2n) is 4.18. The van der Waals surface area contributed by atoms with Crippen molar-refractivity contribution in [2.75, 3.05) is 0 Å². The van der Waals surface area contributed by atoms with Gasteiger partial charge in [0.05, 0.1) is 0 Å². The molecule has 3 heteroatoms. The second kappa shape index (κ2) is 4.17. The molecule has 0 heterocycles. The highest BCUT2D eigenvalue weighted by Crippen LogP contribution is 2.34. The number of halogens is 1. The number of carbonyl (C=O) groups is 1. The van der Waals surface area contributed by atoms with E-state index in [0.29, 0.717) is 0 Å². The molecular weight excluding hydrogens is 219 g/mol. The molecule has 2 unspecified atom stereocenters. The van der Waals surface area contributed by atoms with E-state index in [0.717, 1.165) is 17.2 Å². The summed E-state index contributed by atoms with van der Waals surface area (Å²) in [6, 6.07) is 9.51. The van der Waals surface area contributed by atoms with Gasteiger partial charge in [-0.3, -0.25) is 0 Å². The van der Waals surface area contributed by atoms with Gasteiger partial charge in [-0.15, -0.1) is 0 Å². The van der Waals surface area contributed by atoms with Crippen molar-refractivity contribution < 1.29 is 14.3 Å². The van der Waals surface area contributed by atoms with E-state index in [4.69, 9.17) is 5.11 Å². The first-order chi connectivity index (χ1) is 8.04. The van der Waals surface area contributed by atoms with E-state index in [-0.39, 0.29) is 0 Å². The van der Waals surface area contributed by atoms with Crippen molar-refractivity contribution in [3.8, 4) is 0 Å². The van der Waals surface area contributed by atoms with Crippen molar-refractivity contribution in [2.24, 2.45) is 5.92 Å². The molecule has 1 aliphatic carbocycles. The van der Waals surface area contributed by atoms with Crippen LogP contribution in [-0.2, 0) is 4.79 Å². The molecular formula is C14H13FO2. The molecule has 0 aromatic heterocycles. The predicted molar refractivity (Wildman–Crippen MR) is 64.2 cm³/mol. The van der Waals surface area contributed by atoms with Gasteiger partial charge in [0.25, 0.3) is 0 Å². The monoisotopic (exact) mass is 232 g/mol. The van der Waals surface area contributed by atoms with E-state index < -0.39 is 17.6 Å². The third kappa shape index (κ3) is 2.00. The smallest absolute Gasteiger partial charge is 0.346 e. The molecule has 0 fully saturated rings. The SMILES string of the molecule is CC1C=C(c2ccccc2)C=CC1(F)C(=O)O. The van der Waals surface area contributed by atoms with Crippen molar-refractivity contribution in [2.45, 2.75) is 12.6 Å². The summed E-state index contributed by atoms with van der Waals surface area (Å²) in [7, 11) is 0. The number of aliphatic carboxylic acids is 1. The summed E-state index contributed by atoms with van der Waals surface area (Å²) in [5, 5.41) is 8.87. The molecule has 1 aromatic rings. The summed E-state index contributed by atoms with van der Waals surface area (Å²) in [6.07, 6.45) is 4.31. The Balaban J connectivity index is 2.34. The third-order valence-electron chi connectivity index (χ3n) is 3.03. The number of carboxylic acids is 1. The summed E-state index contributed by atoms with van der Waals surface area (Å²) >= 11 is 0. The molecule has 0 saturated heterocycles. The van der Waals surface area contributed by atoms with Crippen LogP contribution in [0.5, 0.6) is 0 Å². The van der Waals surface area contributed by atoms with E-state index in [1.807, 2.05) is 30.3 Å². The van der Waals surface area contributed by atoms with Crippen LogP contribution in [0.1, 0.15) is 12.5 Å². The minimum atomic E-state index is -2.29. The fourth-order valence-corrected chi connectivity index (χ4v) is 1.90. The highest BCUT2D eigenvalue weighted by molar-refractivity contribution is 5.86. The predicted octanol–water partition coefficient (Wildman–Crippen LogP) is 3.07. The Morgan fingerprint density at radius 2 is 2.00 bits per heavy atom. The highest BCUT2D eigenvalue weighted by atomic mass is 19.1. The largest absolute Gasteiger partial charge is 0.479 e. The maximum Gasteiger partial charge on any atom is 0.346 e. The zero-order valence-electron chi connectivity index (χ0n) is 9.43. The lowest BCUT2D eigenvalue weighted by molar-refractivity contribution is -0.149. The van der Waals surface area contributed by atoms with Gasteiger partial charge in [0.15, 0.2) is 0 Å². The van der Waals surface area contributed by atoms with Crippen molar-refractivity contribution >= 4 is 11.5 Å². The summed E-state index contributed by atoms with van der Waals surface area (Å²) in [4.78, 5) is 10.9. The lowest BCUT2D eigenvalue weighted by Gasteiger charge is -2.26. The number of hydrogen-bond acceptors (Lipinski definition) is 1.